The molecule has 1 aliphatic carbocycles. The zero-order valence-electron chi connectivity index (χ0n) is 30.6. The summed E-state index contributed by atoms with van der Waals surface area (Å²) in [6, 6.07) is 63.8. The predicted molar refractivity (Wildman–Crippen MR) is 232 cm³/mol. The highest BCUT2D eigenvalue weighted by Gasteiger charge is 2.35. The zero-order chi connectivity index (χ0) is 36.9. The van der Waals surface area contributed by atoms with Gasteiger partial charge in [-0.3, -0.25) is 0 Å². The molecule has 0 saturated carbocycles. The maximum absolute atomic E-state index is 5.39. The van der Waals surface area contributed by atoms with Gasteiger partial charge in [-0.2, -0.15) is 0 Å². The normalized spacial score (nSPS) is 12.5. The number of aromatic nitrogens is 4. The van der Waals surface area contributed by atoms with E-state index in [-0.39, 0.29) is 12.8 Å². The van der Waals surface area contributed by atoms with Gasteiger partial charge in [0.05, 0.1) is 11.2 Å². The highest BCUT2D eigenvalue weighted by Crippen LogP contribution is 2.50. The molecule has 9 aromatic rings. The highest BCUT2D eigenvalue weighted by atomic mass is 15.0. The highest BCUT2D eigenvalue weighted by molar-refractivity contribution is 6.01. The minimum atomic E-state index is -0.113. The van der Waals surface area contributed by atoms with Crippen molar-refractivity contribution in [3.05, 3.63) is 193 Å². The van der Waals surface area contributed by atoms with Crippen molar-refractivity contribution in [1.29, 1.82) is 0 Å². The van der Waals surface area contributed by atoms with E-state index >= 15 is 0 Å². The number of hydrogen-bond acceptors (Lipinski definition) is 4. The van der Waals surface area contributed by atoms with E-state index in [1.807, 2.05) is 60.7 Å². The molecule has 4 nitrogen and oxygen atoms in total. The first-order chi connectivity index (χ1) is 27.0. The molecule has 2 heterocycles. The van der Waals surface area contributed by atoms with Gasteiger partial charge in [0.2, 0.25) is 0 Å². The van der Waals surface area contributed by atoms with E-state index < -0.39 is 0 Å². The topological polar surface area (TPSA) is 51.6 Å². The first kappa shape index (κ1) is 34.7. The fourth-order valence-corrected chi connectivity index (χ4v) is 8.06. The van der Waals surface area contributed by atoms with Crippen LogP contribution >= 0.6 is 0 Å². The fraction of sp³-hybridized carbons (Fsp3) is 0.0769. The summed E-state index contributed by atoms with van der Waals surface area (Å²) < 4.78 is 0. The summed E-state index contributed by atoms with van der Waals surface area (Å²) in [7, 11) is 0. The van der Waals surface area contributed by atoms with Crippen molar-refractivity contribution in [3.63, 3.8) is 0 Å². The molecule has 1 aliphatic rings. The molecule has 0 fully saturated rings. The minimum Gasteiger partial charge on any atom is -0.248 e. The number of rotatable bonds is 6. The summed E-state index contributed by atoms with van der Waals surface area (Å²) in [6.45, 7) is 4.65. The molecule has 0 bridgehead atoms. The van der Waals surface area contributed by atoms with Crippen molar-refractivity contribution >= 4 is 10.9 Å². The van der Waals surface area contributed by atoms with E-state index in [1.165, 1.54) is 33.4 Å². The first-order valence-corrected chi connectivity index (χ1v) is 18.7. The lowest BCUT2D eigenvalue weighted by molar-refractivity contribution is 0.661. The maximum Gasteiger partial charge on any atom is 0.164 e. The van der Waals surface area contributed by atoms with Gasteiger partial charge in [-0.05, 0) is 74.8 Å². The van der Waals surface area contributed by atoms with Crippen LogP contribution in [-0.4, -0.2) is 19.9 Å². The lowest BCUT2D eigenvalue weighted by Crippen LogP contribution is -2.14. The minimum absolute atomic E-state index is 0. The molecule has 0 unspecified atom stereocenters. The first-order valence-electron chi connectivity index (χ1n) is 18.7. The van der Waals surface area contributed by atoms with Crippen molar-refractivity contribution in [3.8, 4) is 78.8 Å². The maximum atomic E-state index is 5.39. The Labute approximate surface area is 328 Å². The van der Waals surface area contributed by atoms with Crippen molar-refractivity contribution in [1.82, 2.24) is 19.9 Å². The van der Waals surface area contributed by atoms with Gasteiger partial charge < -0.3 is 0 Å². The van der Waals surface area contributed by atoms with Crippen LogP contribution in [0.1, 0.15) is 32.4 Å². The molecule has 0 amide bonds. The molecule has 56 heavy (non-hydrogen) atoms. The molecule has 0 saturated heterocycles. The van der Waals surface area contributed by atoms with Crippen LogP contribution in [0.2, 0.25) is 0 Å². The second-order valence-electron chi connectivity index (χ2n) is 14.7. The second-order valence-corrected chi connectivity index (χ2v) is 14.7. The summed E-state index contributed by atoms with van der Waals surface area (Å²) in [5.41, 5.74) is 15.5. The molecular weight excluding hydrogens is 681 g/mol. The van der Waals surface area contributed by atoms with Crippen LogP contribution in [0.3, 0.4) is 0 Å². The van der Waals surface area contributed by atoms with Crippen molar-refractivity contribution in [2.24, 2.45) is 0 Å². The lowest BCUT2D eigenvalue weighted by Gasteiger charge is -2.22. The summed E-state index contributed by atoms with van der Waals surface area (Å²) in [5, 5.41) is 1.16. The molecule has 0 spiro atoms. The quantitative estimate of drug-likeness (QED) is 0.172. The number of pyridine rings is 1. The average molecular weight is 721 g/mol. The predicted octanol–water partition coefficient (Wildman–Crippen LogP) is 13.4. The Hall–Kier alpha value is -7.04. The number of hydrogen-bond donors (Lipinski definition) is 0. The molecule has 0 atom stereocenters. The molecule has 10 rings (SSSR count). The average Bonchev–Trinajstić information content (AvgIpc) is 3.48. The van der Waals surface area contributed by atoms with Gasteiger partial charge in [0, 0.05) is 33.1 Å². The molecule has 0 radical (unpaired) electrons. The van der Waals surface area contributed by atoms with Crippen LogP contribution in [0.15, 0.2) is 182 Å². The number of nitrogens with zero attached hydrogens (tertiary/aromatic N) is 4. The largest absolute Gasteiger partial charge is 0.248 e. The third kappa shape index (κ3) is 6.06. The molecule has 2 aromatic heterocycles. The Balaban J connectivity index is 0.00000410. The molecule has 7 aromatic carbocycles. The van der Waals surface area contributed by atoms with Gasteiger partial charge in [-0.15, -0.1) is 0 Å². The molecule has 0 aliphatic heterocycles. The van der Waals surface area contributed by atoms with E-state index in [0.29, 0.717) is 17.5 Å². The van der Waals surface area contributed by atoms with Crippen LogP contribution in [0.5, 0.6) is 0 Å². The van der Waals surface area contributed by atoms with Gasteiger partial charge in [-0.1, -0.05) is 173 Å². The van der Waals surface area contributed by atoms with Crippen LogP contribution in [0, 0.1) is 0 Å². The Morgan fingerprint density at radius 3 is 1.45 bits per heavy atom. The Bertz CT molecular complexity index is 2820. The van der Waals surface area contributed by atoms with E-state index in [0.717, 1.165) is 50.0 Å². The Morgan fingerprint density at radius 1 is 0.339 bits per heavy atom. The molecule has 0 N–H and O–H groups in total. The van der Waals surface area contributed by atoms with E-state index in [9.17, 15) is 0 Å². The van der Waals surface area contributed by atoms with Gasteiger partial charge >= 0.3 is 0 Å². The van der Waals surface area contributed by atoms with Crippen molar-refractivity contribution in [2.75, 3.05) is 0 Å². The Kier molecular flexibility index (Phi) is 8.67. The smallest absolute Gasteiger partial charge is 0.164 e. The number of benzene rings is 7. The van der Waals surface area contributed by atoms with E-state index in [4.69, 9.17) is 19.9 Å². The van der Waals surface area contributed by atoms with E-state index in [2.05, 4.69) is 135 Å². The Morgan fingerprint density at radius 2 is 0.821 bits per heavy atom. The van der Waals surface area contributed by atoms with Crippen LogP contribution in [0.4, 0.5) is 0 Å². The fourth-order valence-electron chi connectivity index (χ4n) is 8.06. The SMILES string of the molecule is C.CC1(C)c2ccccc2-c2cc3c(-c4ccccc4)cc(-c4cccc(-c5cccc(-c6nc(-c7ccccc7)nc(-c7ccccc7)n6)c5)c4)nc3cc21. The van der Waals surface area contributed by atoms with Crippen LogP contribution in [-0.2, 0) is 5.41 Å². The monoisotopic (exact) mass is 720 g/mol. The van der Waals surface area contributed by atoms with Crippen LogP contribution < -0.4 is 0 Å². The standard InChI is InChI=1S/C51H36N4.CH4/c1-51(2)44-27-13-12-26-40(44)42-30-43-41(33-16-6-3-7-17-33)31-46(52-47(43)32-45(42)51)38-24-14-22-36(28-38)37-23-15-25-39(29-37)50-54-48(34-18-8-4-9-19-34)53-49(55-50)35-20-10-5-11-21-35;/h3-32H,1-2H3;1H4. The number of fused-ring (bicyclic) bond motifs is 4. The van der Waals surface area contributed by atoms with Gasteiger partial charge in [0.25, 0.3) is 0 Å². The summed E-state index contributed by atoms with van der Waals surface area (Å²) >= 11 is 0. The second kappa shape index (κ2) is 14.0. The molecule has 268 valence electrons. The third-order valence-electron chi connectivity index (χ3n) is 10.9. The molecule has 4 heteroatoms. The van der Waals surface area contributed by atoms with Crippen molar-refractivity contribution < 1.29 is 0 Å². The summed E-state index contributed by atoms with van der Waals surface area (Å²) in [4.78, 5) is 20.2. The van der Waals surface area contributed by atoms with Gasteiger partial charge in [0.15, 0.2) is 17.5 Å². The van der Waals surface area contributed by atoms with Crippen molar-refractivity contribution in [2.45, 2.75) is 26.7 Å². The van der Waals surface area contributed by atoms with E-state index in [1.54, 1.807) is 0 Å². The van der Waals surface area contributed by atoms with Gasteiger partial charge in [0.1, 0.15) is 0 Å². The summed E-state index contributed by atoms with van der Waals surface area (Å²) in [6.07, 6.45) is 0. The molecular formula is C52H40N4. The third-order valence-corrected chi connectivity index (χ3v) is 10.9. The zero-order valence-corrected chi connectivity index (χ0v) is 30.6. The summed E-state index contributed by atoms with van der Waals surface area (Å²) in [5.74, 6) is 1.92. The van der Waals surface area contributed by atoms with Crippen LogP contribution in [0.25, 0.3) is 89.7 Å². The lowest BCUT2D eigenvalue weighted by atomic mass is 9.82. The van der Waals surface area contributed by atoms with Gasteiger partial charge in [-0.25, -0.2) is 19.9 Å².